The zero-order chi connectivity index (χ0) is 16.7. The van der Waals surface area contributed by atoms with Crippen LogP contribution in [0.25, 0.3) is 0 Å². The van der Waals surface area contributed by atoms with Crippen molar-refractivity contribution in [1.29, 1.82) is 0 Å². The van der Waals surface area contributed by atoms with Crippen molar-refractivity contribution in [2.45, 2.75) is 38.3 Å². The summed E-state index contributed by atoms with van der Waals surface area (Å²) in [4.78, 5) is 28.5. The van der Waals surface area contributed by atoms with Gasteiger partial charge in [0.05, 0.1) is 30.8 Å². The van der Waals surface area contributed by atoms with Crippen molar-refractivity contribution in [3.63, 3.8) is 0 Å². The van der Waals surface area contributed by atoms with Crippen molar-refractivity contribution in [3.8, 4) is 0 Å². The summed E-state index contributed by atoms with van der Waals surface area (Å²) in [5, 5.41) is 0. The molecule has 2 saturated heterocycles. The average Bonchev–Trinajstić information content (AvgIpc) is 2.87. The third-order valence-corrected chi connectivity index (χ3v) is 5.56. The predicted octanol–water partition coefficient (Wildman–Crippen LogP) is 0.157. The van der Waals surface area contributed by atoms with Crippen molar-refractivity contribution in [3.05, 3.63) is 0 Å². The van der Waals surface area contributed by atoms with Crippen LogP contribution in [0, 0.1) is 5.92 Å². The first kappa shape index (κ1) is 20.2. The molecule has 2 heterocycles. The SMILES string of the molecule is CCC[C@H]1C(=O)N(S(C)(=O)=O)[C@H]2CCN(C(=O)CN(C)C)[C@H]12.Cl. The predicted molar refractivity (Wildman–Crippen MR) is 89.8 cm³/mol. The second-order valence-corrected chi connectivity index (χ2v) is 8.32. The normalized spacial score (nSPS) is 27.3. The summed E-state index contributed by atoms with van der Waals surface area (Å²) < 4.78 is 25.0. The van der Waals surface area contributed by atoms with Crippen LogP contribution < -0.4 is 0 Å². The Labute approximate surface area is 144 Å². The molecule has 134 valence electrons. The molecule has 23 heavy (non-hydrogen) atoms. The summed E-state index contributed by atoms with van der Waals surface area (Å²) >= 11 is 0. The van der Waals surface area contributed by atoms with E-state index in [0.29, 0.717) is 19.4 Å². The fraction of sp³-hybridized carbons (Fsp3) is 0.857. The van der Waals surface area contributed by atoms with E-state index in [0.717, 1.165) is 17.0 Å². The van der Waals surface area contributed by atoms with Gasteiger partial charge in [-0.05, 0) is 26.9 Å². The number of hydrogen-bond donors (Lipinski definition) is 0. The molecule has 0 radical (unpaired) electrons. The highest BCUT2D eigenvalue weighted by Crippen LogP contribution is 2.39. The number of sulfonamides is 1. The summed E-state index contributed by atoms with van der Waals surface area (Å²) in [6, 6.07) is -0.709. The van der Waals surface area contributed by atoms with Gasteiger partial charge in [0.15, 0.2) is 0 Å². The highest BCUT2D eigenvalue weighted by molar-refractivity contribution is 7.88. The van der Waals surface area contributed by atoms with E-state index < -0.39 is 22.0 Å². The van der Waals surface area contributed by atoms with Crippen LogP contribution in [0.5, 0.6) is 0 Å². The Morgan fingerprint density at radius 2 is 1.96 bits per heavy atom. The molecule has 0 aromatic heterocycles. The lowest BCUT2D eigenvalue weighted by Gasteiger charge is -2.28. The number of nitrogens with zero attached hydrogens (tertiary/aromatic N) is 3. The largest absolute Gasteiger partial charge is 0.336 e. The Hall–Kier alpha value is -0.860. The molecule has 7 nitrogen and oxygen atoms in total. The lowest BCUT2D eigenvalue weighted by Crippen LogP contribution is -2.46. The van der Waals surface area contributed by atoms with Crippen LogP contribution in [0.15, 0.2) is 0 Å². The molecule has 2 amide bonds. The summed E-state index contributed by atoms with van der Waals surface area (Å²) in [6.07, 6.45) is 2.99. The van der Waals surface area contributed by atoms with E-state index in [1.165, 1.54) is 0 Å². The second kappa shape index (κ2) is 7.36. The summed E-state index contributed by atoms with van der Waals surface area (Å²) in [5.74, 6) is -0.790. The van der Waals surface area contributed by atoms with Gasteiger partial charge < -0.3 is 9.80 Å². The third kappa shape index (κ3) is 3.80. The van der Waals surface area contributed by atoms with Crippen LogP contribution in [0.2, 0.25) is 0 Å². The number of fused-ring (bicyclic) bond motifs is 1. The molecule has 2 rings (SSSR count). The van der Waals surface area contributed by atoms with Gasteiger partial charge in [0.25, 0.3) is 0 Å². The van der Waals surface area contributed by atoms with Crippen LogP contribution in [0.4, 0.5) is 0 Å². The minimum absolute atomic E-state index is 0. The van der Waals surface area contributed by atoms with E-state index >= 15 is 0 Å². The summed E-state index contributed by atoms with van der Waals surface area (Å²) in [5.41, 5.74) is 0. The highest BCUT2D eigenvalue weighted by Gasteiger charge is 2.56. The van der Waals surface area contributed by atoms with Crippen molar-refractivity contribution < 1.29 is 18.0 Å². The van der Waals surface area contributed by atoms with Crippen LogP contribution in [-0.2, 0) is 19.6 Å². The summed E-state index contributed by atoms with van der Waals surface area (Å²) in [7, 11) is 0.0402. The van der Waals surface area contributed by atoms with Crippen LogP contribution in [0.1, 0.15) is 26.2 Å². The molecule has 0 saturated carbocycles. The lowest BCUT2D eigenvalue weighted by molar-refractivity contribution is -0.134. The third-order valence-electron chi connectivity index (χ3n) is 4.40. The maximum atomic E-state index is 12.5. The second-order valence-electron chi connectivity index (χ2n) is 6.46. The molecule has 2 fully saturated rings. The average molecular weight is 368 g/mol. The molecule has 3 atom stereocenters. The number of carbonyl (C=O) groups is 2. The highest BCUT2D eigenvalue weighted by atomic mass is 35.5. The molecule has 0 unspecified atom stereocenters. The van der Waals surface area contributed by atoms with E-state index in [-0.39, 0.29) is 36.8 Å². The molecule has 0 aromatic rings. The van der Waals surface area contributed by atoms with E-state index in [9.17, 15) is 18.0 Å². The van der Waals surface area contributed by atoms with Gasteiger partial charge in [-0.25, -0.2) is 12.7 Å². The van der Waals surface area contributed by atoms with Gasteiger partial charge in [0, 0.05) is 6.54 Å². The molecule has 0 bridgehead atoms. The van der Waals surface area contributed by atoms with Crippen molar-refractivity contribution >= 4 is 34.2 Å². The Kier molecular flexibility index (Phi) is 6.46. The number of rotatable bonds is 5. The molecular formula is C14H26ClN3O4S. The van der Waals surface area contributed by atoms with Gasteiger partial charge in [-0.15, -0.1) is 12.4 Å². The molecular weight excluding hydrogens is 342 g/mol. The quantitative estimate of drug-likeness (QED) is 0.691. The molecule has 2 aliphatic heterocycles. The van der Waals surface area contributed by atoms with Gasteiger partial charge in [-0.3, -0.25) is 9.59 Å². The molecule has 0 N–H and O–H groups in total. The number of hydrogen-bond acceptors (Lipinski definition) is 5. The standard InChI is InChI=1S/C14H25N3O4S.ClH/c1-5-6-10-13-11(17(14(10)19)22(4,20)21)7-8-16(13)12(18)9-15(2)3;/h10-11,13H,5-9H2,1-4H3;1H/t10-,11+,13-;/m1./s1. The number of carbonyl (C=O) groups excluding carboxylic acids is 2. The Bertz CT molecular complexity index is 566. The van der Waals surface area contributed by atoms with Gasteiger partial charge in [-0.1, -0.05) is 13.3 Å². The van der Waals surface area contributed by atoms with Gasteiger partial charge in [0.2, 0.25) is 21.8 Å². The van der Waals surface area contributed by atoms with Crippen LogP contribution >= 0.6 is 12.4 Å². The van der Waals surface area contributed by atoms with Gasteiger partial charge >= 0.3 is 0 Å². The number of likely N-dealkylation sites (N-methyl/N-ethyl adjacent to an activating group) is 1. The smallest absolute Gasteiger partial charge is 0.241 e. The first-order valence-electron chi connectivity index (χ1n) is 7.66. The Morgan fingerprint density at radius 3 is 2.43 bits per heavy atom. The number of likely N-dealkylation sites (tertiary alicyclic amines) is 1. The first-order valence-corrected chi connectivity index (χ1v) is 9.50. The fourth-order valence-corrected chi connectivity index (χ4v) is 4.86. The minimum Gasteiger partial charge on any atom is -0.336 e. The fourth-order valence-electron chi connectivity index (χ4n) is 3.68. The van der Waals surface area contributed by atoms with E-state index in [4.69, 9.17) is 0 Å². The maximum Gasteiger partial charge on any atom is 0.241 e. The molecule has 0 aromatic carbocycles. The number of amides is 2. The zero-order valence-electron chi connectivity index (χ0n) is 14.1. The van der Waals surface area contributed by atoms with Crippen LogP contribution in [0.3, 0.4) is 0 Å². The molecule has 0 aliphatic carbocycles. The molecule has 2 aliphatic rings. The topological polar surface area (TPSA) is 78.0 Å². The number of halogens is 1. The summed E-state index contributed by atoms with van der Waals surface area (Å²) in [6.45, 7) is 2.75. The maximum absolute atomic E-state index is 12.5. The van der Waals surface area contributed by atoms with E-state index in [1.54, 1.807) is 9.80 Å². The Balaban J connectivity index is 0.00000264. The minimum atomic E-state index is -3.59. The van der Waals surface area contributed by atoms with E-state index in [1.807, 2.05) is 21.0 Å². The zero-order valence-corrected chi connectivity index (χ0v) is 15.7. The monoisotopic (exact) mass is 367 g/mol. The van der Waals surface area contributed by atoms with Gasteiger partial charge in [0.1, 0.15) is 0 Å². The van der Waals surface area contributed by atoms with Gasteiger partial charge in [-0.2, -0.15) is 0 Å². The van der Waals surface area contributed by atoms with Crippen molar-refractivity contribution in [2.24, 2.45) is 5.92 Å². The van der Waals surface area contributed by atoms with Crippen LogP contribution in [-0.4, -0.2) is 79.9 Å². The van der Waals surface area contributed by atoms with Crippen molar-refractivity contribution in [2.75, 3.05) is 33.4 Å². The molecule has 0 spiro atoms. The Morgan fingerprint density at radius 1 is 1.35 bits per heavy atom. The van der Waals surface area contributed by atoms with E-state index in [2.05, 4.69) is 0 Å². The van der Waals surface area contributed by atoms with Crippen molar-refractivity contribution in [1.82, 2.24) is 14.1 Å². The lowest BCUT2D eigenvalue weighted by atomic mass is 9.94. The first-order chi connectivity index (χ1) is 10.2. The molecule has 9 heteroatoms.